The molecule has 78 valence electrons. The number of hydrogen-bond donors (Lipinski definition) is 1. The first-order chi connectivity index (χ1) is 5.93. The second-order valence-corrected chi connectivity index (χ2v) is 3.95. The third-order valence-electron chi connectivity index (χ3n) is 1.82. The molecule has 1 N–H and O–H groups in total. The van der Waals surface area contributed by atoms with Crippen molar-refractivity contribution in [2.24, 2.45) is 0 Å². The highest BCUT2D eigenvalue weighted by molar-refractivity contribution is 5.87. The fourth-order valence-corrected chi connectivity index (χ4v) is 1.18. The summed E-state index contributed by atoms with van der Waals surface area (Å²) in [5.74, 6) is -0.967. The quantitative estimate of drug-likeness (QED) is 0.783. The lowest BCUT2D eigenvalue weighted by Crippen LogP contribution is -2.17. The van der Waals surface area contributed by atoms with E-state index in [1.54, 1.807) is 12.1 Å². The van der Waals surface area contributed by atoms with E-state index < -0.39 is 5.97 Å². The standard InChI is InChI=1S/C10H13NO2.ClH/c1-10(2,3)7-5-4-6-11-8(7)9(12)13;/h4-6H,1-3H3,(H,12,13);1H. The van der Waals surface area contributed by atoms with E-state index in [-0.39, 0.29) is 23.5 Å². The molecule has 0 bridgehead atoms. The van der Waals surface area contributed by atoms with Crippen LogP contribution in [0.15, 0.2) is 18.3 Å². The van der Waals surface area contributed by atoms with E-state index >= 15 is 0 Å². The molecule has 0 fully saturated rings. The van der Waals surface area contributed by atoms with Crippen LogP contribution in [0.3, 0.4) is 0 Å². The van der Waals surface area contributed by atoms with Crippen LogP contribution in [-0.2, 0) is 5.41 Å². The highest BCUT2D eigenvalue weighted by Gasteiger charge is 2.21. The summed E-state index contributed by atoms with van der Waals surface area (Å²) < 4.78 is 0. The van der Waals surface area contributed by atoms with Crippen LogP contribution >= 0.6 is 12.4 Å². The Hall–Kier alpha value is -1.09. The van der Waals surface area contributed by atoms with Gasteiger partial charge in [0.15, 0.2) is 5.69 Å². The average Bonchev–Trinajstić information content (AvgIpc) is 2.03. The summed E-state index contributed by atoms with van der Waals surface area (Å²) in [6.07, 6.45) is 1.50. The van der Waals surface area contributed by atoms with Gasteiger partial charge in [0.2, 0.25) is 0 Å². The predicted molar refractivity (Wildman–Crippen MR) is 57.1 cm³/mol. The molecule has 0 aromatic carbocycles. The zero-order chi connectivity index (χ0) is 10.1. The van der Waals surface area contributed by atoms with Gasteiger partial charge in [0.05, 0.1) is 0 Å². The van der Waals surface area contributed by atoms with E-state index in [0.29, 0.717) is 0 Å². The molecule has 0 aliphatic carbocycles. The minimum absolute atomic E-state index is 0. The first-order valence-electron chi connectivity index (χ1n) is 4.11. The number of halogens is 1. The van der Waals surface area contributed by atoms with Gasteiger partial charge in [-0.25, -0.2) is 9.78 Å². The van der Waals surface area contributed by atoms with Gasteiger partial charge in [-0.15, -0.1) is 12.4 Å². The molecule has 0 aliphatic rings. The monoisotopic (exact) mass is 215 g/mol. The van der Waals surface area contributed by atoms with Gasteiger partial charge in [0.25, 0.3) is 0 Å². The topological polar surface area (TPSA) is 50.2 Å². The minimum atomic E-state index is -0.967. The predicted octanol–water partition coefficient (Wildman–Crippen LogP) is 2.50. The molecule has 3 nitrogen and oxygen atoms in total. The van der Waals surface area contributed by atoms with Crippen molar-refractivity contribution in [2.75, 3.05) is 0 Å². The average molecular weight is 216 g/mol. The van der Waals surface area contributed by atoms with Gasteiger partial charge < -0.3 is 5.11 Å². The van der Waals surface area contributed by atoms with Crippen molar-refractivity contribution in [3.8, 4) is 0 Å². The normalized spacial score (nSPS) is 10.5. The zero-order valence-electron chi connectivity index (χ0n) is 8.44. The van der Waals surface area contributed by atoms with Crippen LogP contribution in [0.5, 0.6) is 0 Å². The molecule has 1 aromatic rings. The van der Waals surface area contributed by atoms with Crippen molar-refractivity contribution in [3.63, 3.8) is 0 Å². The largest absolute Gasteiger partial charge is 0.477 e. The highest BCUT2D eigenvalue weighted by atomic mass is 35.5. The van der Waals surface area contributed by atoms with Gasteiger partial charge in [0, 0.05) is 6.20 Å². The molecule has 1 aromatic heterocycles. The number of nitrogens with zero attached hydrogens (tertiary/aromatic N) is 1. The second kappa shape index (κ2) is 4.42. The van der Waals surface area contributed by atoms with Gasteiger partial charge in [-0.2, -0.15) is 0 Å². The fourth-order valence-electron chi connectivity index (χ4n) is 1.18. The Morgan fingerprint density at radius 1 is 1.43 bits per heavy atom. The molecule has 0 spiro atoms. The summed E-state index contributed by atoms with van der Waals surface area (Å²) in [6, 6.07) is 3.56. The lowest BCUT2D eigenvalue weighted by Gasteiger charge is -2.19. The summed E-state index contributed by atoms with van der Waals surface area (Å²) >= 11 is 0. The number of carbonyl (C=O) groups is 1. The third kappa shape index (κ3) is 2.70. The molecule has 0 radical (unpaired) electrons. The maximum Gasteiger partial charge on any atom is 0.354 e. The van der Waals surface area contributed by atoms with Crippen molar-refractivity contribution in [1.82, 2.24) is 4.98 Å². The Balaban J connectivity index is 0.00000169. The molecule has 0 aliphatic heterocycles. The molecule has 1 heterocycles. The first-order valence-corrected chi connectivity index (χ1v) is 4.11. The number of aromatic nitrogens is 1. The summed E-state index contributed by atoms with van der Waals surface area (Å²) in [7, 11) is 0. The van der Waals surface area contributed by atoms with Gasteiger partial charge in [-0.3, -0.25) is 0 Å². The summed E-state index contributed by atoms with van der Waals surface area (Å²) in [5.41, 5.74) is 0.736. The molecule has 14 heavy (non-hydrogen) atoms. The molecule has 1 rings (SSSR count). The van der Waals surface area contributed by atoms with Crippen LogP contribution < -0.4 is 0 Å². The SMILES string of the molecule is CC(C)(C)c1cccnc1C(=O)O.Cl. The van der Waals surface area contributed by atoms with Crippen LogP contribution in [0.25, 0.3) is 0 Å². The number of carboxylic acids is 1. The molecule has 0 amide bonds. The molecule has 4 heteroatoms. The lowest BCUT2D eigenvalue weighted by atomic mass is 9.86. The summed E-state index contributed by atoms with van der Waals surface area (Å²) in [5, 5.41) is 8.87. The number of pyridine rings is 1. The van der Waals surface area contributed by atoms with Crippen LogP contribution in [0, 0.1) is 0 Å². The van der Waals surface area contributed by atoms with Crippen molar-refractivity contribution in [1.29, 1.82) is 0 Å². The van der Waals surface area contributed by atoms with Crippen LogP contribution in [0.4, 0.5) is 0 Å². The second-order valence-electron chi connectivity index (χ2n) is 3.95. The first kappa shape index (κ1) is 12.9. The number of aromatic carboxylic acids is 1. The molecule has 0 atom stereocenters. The van der Waals surface area contributed by atoms with E-state index in [1.807, 2.05) is 20.8 Å². The molecular formula is C10H14ClNO2. The van der Waals surface area contributed by atoms with Gasteiger partial charge in [-0.05, 0) is 17.0 Å². The number of rotatable bonds is 1. The number of hydrogen-bond acceptors (Lipinski definition) is 2. The highest BCUT2D eigenvalue weighted by Crippen LogP contribution is 2.24. The fraction of sp³-hybridized carbons (Fsp3) is 0.400. The molecule has 0 saturated carbocycles. The molecule has 0 unspecified atom stereocenters. The Morgan fingerprint density at radius 2 is 2.00 bits per heavy atom. The Labute approximate surface area is 89.6 Å². The van der Waals surface area contributed by atoms with Crippen molar-refractivity contribution < 1.29 is 9.90 Å². The molecular weight excluding hydrogens is 202 g/mol. The lowest BCUT2D eigenvalue weighted by molar-refractivity contribution is 0.0687. The van der Waals surface area contributed by atoms with Crippen molar-refractivity contribution >= 4 is 18.4 Å². The van der Waals surface area contributed by atoms with Crippen LogP contribution in [-0.4, -0.2) is 16.1 Å². The van der Waals surface area contributed by atoms with Crippen LogP contribution in [0.2, 0.25) is 0 Å². The number of carboxylic acid groups (broad SMARTS) is 1. The van der Waals surface area contributed by atoms with E-state index in [4.69, 9.17) is 5.11 Å². The maximum atomic E-state index is 10.8. The maximum absolute atomic E-state index is 10.8. The van der Waals surface area contributed by atoms with Gasteiger partial charge >= 0.3 is 5.97 Å². The van der Waals surface area contributed by atoms with Crippen LogP contribution in [0.1, 0.15) is 36.8 Å². The minimum Gasteiger partial charge on any atom is -0.477 e. The van der Waals surface area contributed by atoms with Crippen molar-refractivity contribution in [2.45, 2.75) is 26.2 Å². The van der Waals surface area contributed by atoms with E-state index in [2.05, 4.69) is 4.98 Å². The van der Waals surface area contributed by atoms with Crippen molar-refractivity contribution in [3.05, 3.63) is 29.6 Å². The third-order valence-corrected chi connectivity index (χ3v) is 1.82. The smallest absolute Gasteiger partial charge is 0.354 e. The Bertz CT molecular complexity index is 331. The van der Waals surface area contributed by atoms with E-state index in [0.717, 1.165) is 5.56 Å². The summed E-state index contributed by atoms with van der Waals surface area (Å²) in [4.78, 5) is 14.7. The zero-order valence-corrected chi connectivity index (χ0v) is 9.26. The Morgan fingerprint density at radius 3 is 2.36 bits per heavy atom. The summed E-state index contributed by atoms with van der Waals surface area (Å²) in [6.45, 7) is 5.91. The molecule has 0 saturated heterocycles. The van der Waals surface area contributed by atoms with Gasteiger partial charge in [0.1, 0.15) is 0 Å². The van der Waals surface area contributed by atoms with Gasteiger partial charge in [-0.1, -0.05) is 26.8 Å². The van der Waals surface area contributed by atoms with E-state index in [9.17, 15) is 4.79 Å². The Kier molecular flexibility index (Phi) is 4.08. The van der Waals surface area contributed by atoms with E-state index in [1.165, 1.54) is 6.20 Å².